The molecule has 0 N–H and O–H groups in total. The average molecular weight is 458 g/mol. The Morgan fingerprint density at radius 3 is 1.57 bits per heavy atom. The maximum Gasteiger partial charge on any atom is 0.235 e. The molecule has 0 aromatic heterocycles. The van der Waals surface area contributed by atoms with Crippen LogP contribution < -0.4 is 0 Å². The molecule has 1 unspecified atom stereocenters. The van der Waals surface area contributed by atoms with E-state index < -0.39 is 20.0 Å². The number of hydrogen-bond donors (Lipinski definition) is 0. The van der Waals surface area contributed by atoms with Crippen LogP contribution in [0.3, 0.4) is 0 Å². The molecule has 0 spiro atoms. The van der Waals surface area contributed by atoms with E-state index in [1.165, 1.54) is 4.31 Å². The van der Waals surface area contributed by atoms with Gasteiger partial charge in [0.1, 0.15) is 0 Å². The minimum Gasteiger partial charge on any atom is -0.292 e. The molecule has 3 rings (SSSR count). The Morgan fingerprint density at radius 1 is 0.750 bits per heavy atom. The van der Waals surface area contributed by atoms with Gasteiger partial charge in [0.25, 0.3) is 0 Å². The van der Waals surface area contributed by atoms with Crippen molar-refractivity contribution in [2.75, 3.05) is 0 Å². The second-order valence-corrected chi connectivity index (χ2v) is 9.87. The van der Waals surface area contributed by atoms with Gasteiger partial charge in [0, 0.05) is 18.7 Å². The molecule has 0 aliphatic heterocycles. The van der Waals surface area contributed by atoms with E-state index in [0.717, 1.165) is 11.1 Å². The van der Waals surface area contributed by atoms with Gasteiger partial charge >= 0.3 is 0 Å². The fraction of sp³-hybridized carbons (Fsp3) is 0.136. The summed E-state index contributed by atoms with van der Waals surface area (Å²) in [7, 11) is -3.94. The van der Waals surface area contributed by atoms with Gasteiger partial charge in [-0.15, -0.1) is 0 Å². The topological polar surface area (TPSA) is 54.5 Å². The van der Waals surface area contributed by atoms with Crippen molar-refractivity contribution in [3.63, 3.8) is 0 Å². The van der Waals surface area contributed by atoms with Crippen LogP contribution in [0.15, 0.2) is 91.0 Å². The van der Waals surface area contributed by atoms with E-state index >= 15 is 0 Å². The molecule has 0 aliphatic carbocycles. The van der Waals surface area contributed by atoms with Crippen LogP contribution in [0.4, 0.5) is 0 Å². The minimum atomic E-state index is -3.94. The van der Waals surface area contributed by atoms with Crippen LogP contribution in [-0.2, 0) is 23.1 Å². The summed E-state index contributed by atoms with van der Waals surface area (Å²) in [6.45, 7) is 0.366. The van der Waals surface area contributed by atoms with Gasteiger partial charge in [-0.05, 0) is 11.1 Å². The molecule has 3 aromatic carbocycles. The number of hydrogen-bond acceptors (Lipinski definition) is 3. The Balaban J connectivity index is 1.91. The van der Waals surface area contributed by atoms with E-state index in [2.05, 4.69) is 15.9 Å². The van der Waals surface area contributed by atoms with Crippen molar-refractivity contribution in [3.05, 3.63) is 108 Å². The molecule has 28 heavy (non-hydrogen) atoms. The van der Waals surface area contributed by atoms with E-state index in [1.54, 1.807) is 30.3 Å². The van der Waals surface area contributed by atoms with Crippen molar-refractivity contribution >= 4 is 31.7 Å². The molecule has 0 saturated heterocycles. The SMILES string of the molecule is O=C(c1ccccc1)C(Br)S(=O)(=O)N(Cc1ccccc1)Cc1ccccc1. The normalized spacial score (nSPS) is 12.6. The van der Waals surface area contributed by atoms with Crippen LogP contribution in [0.2, 0.25) is 0 Å². The number of nitrogens with zero attached hydrogens (tertiary/aromatic N) is 1. The van der Waals surface area contributed by atoms with Gasteiger partial charge in [-0.3, -0.25) is 4.79 Å². The van der Waals surface area contributed by atoms with Gasteiger partial charge < -0.3 is 0 Å². The number of carbonyl (C=O) groups excluding carboxylic acids is 1. The number of Topliss-reactive ketones (excluding diaryl/α,β-unsaturated/α-hetero) is 1. The van der Waals surface area contributed by atoms with Gasteiger partial charge in [-0.2, -0.15) is 4.31 Å². The third kappa shape index (κ3) is 4.95. The van der Waals surface area contributed by atoms with E-state index in [-0.39, 0.29) is 13.1 Å². The summed E-state index contributed by atoms with van der Waals surface area (Å²) in [6.07, 6.45) is 0. The minimum absolute atomic E-state index is 0.183. The average Bonchev–Trinajstić information content (AvgIpc) is 2.74. The fourth-order valence-electron chi connectivity index (χ4n) is 2.81. The van der Waals surface area contributed by atoms with Crippen LogP contribution in [0.25, 0.3) is 0 Å². The smallest absolute Gasteiger partial charge is 0.235 e. The number of ketones is 1. The lowest BCUT2D eigenvalue weighted by Gasteiger charge is -2.25. The predicted molar refractivity (Wildman–Crippen MR) is 115 cm³/mol. The first-order chi connectivity index (χ1) is 13.5. The number of halogens is 1. The van der Waals surface area contributed by atoms with Crippen molar-refractivity contribution in [1.82, 2.24) is 4.31 Å². The summed E-state index contributed by atoms with van der Waals surface area (Å²) in [5.74, 6) is -0.480. The molecular formula is C22H20BrNO3S. The van der Waals surface area contributed by atoms with Crippen molar-refractivity contribution in [2.45, 2.75) is 17.2 Å². The quantitative estimate of drug-likeness (QED) is 0.366. The lowest BCUT2D eigenvalue weighted by molar-refractivity contribution is 0.101. The van der Waals surface area contributed by atoms with Crippen molar-refractivity contribution in [2.24, 2.45) is 0 Å². The van der Waals surface area contributed by atoms with Crippen LogP contribution >= 0.6 is 15.9 Å². The molecule has 0 amide bonds. The summed E-state index contributed by atoms with van der Waals surface area (Å²) in [6, 6.07) is 27.1. The largest absolute Gasteiger partial charge is 0.292 e. The van der Waals surface area contributed by atoms with Crippen molar-refractivity contribution < 1.29 is 13.2 Å². The van der Waals surface area contributed by atoms with Gasteiger partial charge in [0.05, 0.1) is 0 Å². The Hall–Kier alpha value is -2.28. The first kappa shape index (κ1) is 20.5. The standard InChI is InChI=1S/C22H20BrNO3S/c23-22(21(25)20-14-8-3-9-15-20)28(26,27)24(16-18-10-4-1-5-11-18)17-19-12-6-2-7-13-19/h1-15,22H,16-17H2. The van der Waals surface area contributed by atoms with E-state index in [0.29, 0.717) is 5.56 Å². The van der Waals surface area contributed by atoms with E-state index in [1.807, 2.05) is 60.7 Å². The van der Waals surface area contributed by atoms with E-state index in [4.69, 9.17) is 0 Å². The van der Waals surface area contributed by atoms with Crippen LogP contribution in [0, 0.1) is 0 Å². The molecule has 0 saturated carbocycles. The second-order valence-electron chi connectivity index (χ2n) is 6.33. The highest BCUT2D eigenvalue weighted by molar-refractivity contribution is 9.11. The Morgan fingerprint density at radius 2 is 1.14 bits per heavy atom. The summed E-state index contributed by atoms with van der Waals surface area (Å²) in [5.41, 5.74) is 2.06. The Labute approximate surface area is 174 Å². The Bertz CT molecular complexity index is 968. The zero-order valence-electron chi connectivity index (χ0n) is 15.1. The second kappa shape index (κ2) is 9.28. The lowest BCUT2D eigenvalue weighted by atomic mass is 10.2. The maximum atomic E-state index is 13.3. The summed E-state index contributed by atoms with van der Waals surface area (Å²) in [4.78, 5) is 12.7. The molecule has 144 valence electrons. The van der Waals surface area contributed by atoms with E-state index in [9.17, 15) is 13.2 Å². The molecule has 6 heteroatoms. The summed E-state index contributed by atoms with van der Waals surface area (Å²) in [5, 5.41) is 0. The third-order valence-electron chi connectivity index (χ3n) is 4.29. The van der Waals surface area contributed by atoms with Crippen molar-refractivity contribution in [3.8, 4) is 0 Å². The number of carbonyl (C=O) groups is 1. The molecule has 0 fully saturated rings. The van der Waals surface area contributed by atoms with Gasteiger partial charge in [-0.25, -0.2) is 8.42 Å². The van der Waals surface area contributed by atoms with Crippen LogP contribution in [0.1, 0.15) is 21.5 Å². The molecule has 4 nitrogen and oxygen atoms in total. The summed E-state index contributed by atoms with van der Waals surface area (Å²) >= 11 is 3.15. The first-order valence-electron chi connectivity index (χ1n) is 8.78. The molecule has 0 bridgehead atoms. The lowest BCUT2D eigenvalue weighted by Crippen LogP contribution is -2.39. The van der Waals surface area contributed by atoms with Gasteiger partial charge in [0.2, 0.25) is 10.0 Å². The third-order valence-corrected chi connectivity index (χ3v) is 7.84. The monoisotopic (exact) mass is 457 g/mol. The Kier molecular flexibility index (Phi) is 6.78. The highest BCUT2D eigenvalue weighted by Crippen LogP contribution is 2.24. The molecule has 0 heterocycles. The highest BCUT2D eigenvalue weighted by atomic mass is 79.9. The number of alkyl halides is 1. The first-order valence-corrected chi connectivity index (χ1v) is 11.2. The van der Waals surface area contributed by atoms with Crippen molar-refractivity contribution in [1.29, 1.82) is 0 Å². The number of benzene rings is 3. The number of sulfonamides is 1. The zero-order chi connectivity index (χ0) is 20.0. The molecule has 0 radical (unpaired) electrons. The fourth-order valence-corrected chi connectivity index (χ4v) is 5.11. The predicted octanol–water partition coefficient (Wildman–Crippen LogP) is 4.62. The maximum absolute atomic E-state index is 13.3. The summed E-state index contributed by atoms with van der Waals surface area (Å²) < 4.78 is 26.6. The van der Waals surface area contributed by atoms with Crippen LogP contribution in [-0.4, -0.2) is 22.7 Å². The molecular weight excluding hydrogens is 438 g/mol. The highest BCUT2D eigenvalue weighted by Gasteiger charge is 2.36. The van der Waals surface area contributed by atoms with Crippen LogP contribution in [0.5, 0.6) is 0 Å². The molecule has 0 aliphatic rings. The number of rotatable bonds is 8. The van der Waals surface area contributed by atoms with Gasteiger partial charge in [0.15, 0.2) is 9.94 Å². The molecule has 3 aromatic rings. The zero-order valence-corrected chi connectivity index (χ0v) is 17.5. The molecule has 1 atom stereocenters. The van der Waals surface area contributed by atoms with Gasteiger partial charge in [-0.1, -0.05) is 107 Å².